The molecule has 3 aromatic rings. The topological polar surface area (TPSA) is 70.4 Å². The summed E-state index contributed by atoms with van der Waals surface area (Å²) in [6.07, 6.45) is 5.76. The fraction of sp³-hybridized carbons (Fsp3) is 0.500. The summed E-state index contributed by atoms with van der Waals surface area (Å²) in [7, 11) is 0. The maximum Gasteiger partial charge on any atom is 0.163 e. The molecule has 3 heterocycles. The summed E-state index contributed by atoms with van der Waals surface area (Å²) in [6.45, 7) is 6.94. The van der Waals surface area contributed by atoms with E-state index in [1.54, 1.807) is 0 Å². The van der Waals surface area contributed by atoms with Gasteiger partial charge in [-0.3, -0.25) is 0 Å². The zero-order chi connectivity index (χ0) is 23.3. The number of nitrogens with zero attached hydrogens (tertiary/aromatic N) is 3. The van der Waals surface area contributed by atoms with Crippen LogP contribution in [-0.4, -0.2) is 51.6 Å². The Morgan fingerprint density at radius 1 is 1.30 bits per heavy atom. The number of nitrogens with one attached hydrogen (secondary N) is 1. The van der Waals surface area contributed by atoms with Crippen molar-refractivity contribution < 1.29 is 14.2 Å². The van der Waals surface area contributed by atoms with Gasteiger partial charge in [0.15, 0.2) is 10.9 Å². The van der Waals surface area contributed by atoms with E-state index in [0.717, 1.165) is 34.5 Å². The highest BCUT2D eigenvalue weighted by Gasteiger charge is 2.37. The Kier molecular flexibility index (Phi) is 8.27. The van der Waals surface area contributed by atoms with Crippen LogP contribution in [0.1, 0.15) is 25.0 Å². The van der Waals surface area contributed by atoms with Crippen molar-refractivity contribution in [1.29, 1.82) is 0 Å². The minimum atomic E-state index is -0.512. The Bertz CT molecular complexity index is 1050. The van der Waals surface area contributed by atoms with Gasteiger partial charge in [0.2, 0.25) is 0 Å². The van der Waals surface area contributed by atoms with Crippen molar-refractivity contribution in [2.24, 2.45) is 5.92 Å². The second-order valence-electron chi connectivity index (χ2n) is 8.66. The quantitative estimate of drug-likeness (QED) is 0.397. The summed E-state index contributed by atoms with van der Waals surface area (Å²) in [5.41, 5.74) is 3.82. The predicted molar refractivity (Wildman–Crippen MR) is 132 cm³/mol. The number of rotatable bonds is 11. The van der Waals surface area contributed by atoms with Crippen LogP contribution in [0.25, 0.3) is 11.0 Å². The molecule has 0 bridgehead atoms. The number of halogens is 1. The van der Waals surface area contributed by atoms with Crippen molar-refractivity contribution in [3.05, 3.63) is 59.1 Å². The number of hydrogen-bond donors (Lipinski definition) is 1. The van der Waals surface area contributed by atoms with Crippen molar-refractivity contribution in [3.63, 3.8) is 0 Å². The standard InChI is InChI=1S/C24H31ClN4O3S/c1-24(2)31-13-20(32-24)19(14-33-3)10-26-9-18-11-29(22-21(18)27-15-28-23(22)25)16-30-12-17-7-5-4-6-8-17/h4-8,11,15,19-20,26H,9-10,12-14,16H2,1-3H3/t19-,20-/m0/s1. The molecule has 9 heteroatoms. The third-order valence-corrected chi connectivity index (χ3v) is 6.72. The van der Waals surface area contributed by atoms with E-state index in [9.17, 15) is 0 Å². The summed E-state index contributed by atoms with van der Waals surface area (Å²) in [6, 6.07) is 10.1. The monoisotopic (exact) mass is 490 g/mol. The lowest BCUT2D eigenvalue weighted by molar-refractivity contribution is -0.143. The molecule has 1 aromatic carbocycles. The first-order valence-corrected chi connectivity index (χ1v) is 12.9. The summed E-state index contributed by atoms with van der Waals surface area (Å²) in [5.74, 6) is 0.838. The Hall–Kier alpha value is -1.68. The Labute approximate surface area is 204 Å². The molecule has 0 aliphatic carbocycles. The van der Waals surface area contributed by atoms with E-state index < -0.39 is 5.79 Å². The summed E-state index contributed by atoms with van der Waals surface area (Å²) in [4.78, 5) is 8.67. The first-order chi connectivity index (χ1) is 16.0. The van der Waals surface area contributed by atoms with Crippen molar-refractivity contribution in [2.75, 3.05) is 25.2 Å². The van der Waals surface area contributed by atoms with E-state index in [-0.39, 0.29) is 6.10 Å². The van der Waals surface area contributed by atoms with E-state index in [1.165, 1.54) is 6.33 Å². The second-order valence-corrected chi connectivity index (χ2v) is 9.93. The third kappa shape index (κ3) is 6.26. The van der Waals surface area contributed by atoms with Crippen molar-refractivity contribution >= 4 is 34.4 Å². The Morgan fingerprint density at radius 3 is 2.85 bits per heavy atom. The molecule has 0 spiro atoms. The molecule has 1 aliphatic heterocycles. The van der Waals surface area contributed by atoms with E-state index >= 15 is 0 Å². The molecule has 7 nitrogen and oxygen atoms in total. The van der Waals surface area contributed by atoms with Crippen LogP contribution >= 0.6 is 23.4 Å². The number of fused-ring (bicyclic) bond motifs is 1. The zero-order valence-electron chi connectivity index (χ0n) is 19.3. The number of thioether (sulfide) groups is 1. The van der Waals surface area contributed by atoms with Gasteiger partial charge in [0.05, 0.1) is 24.8 Å². The number of benzene rings is 1. The molecule has 1 aliphatic rings. The van der Waals surface area contributed by atoms with Gasteiger partial charge in [0.1, 0.15) is 18.6 Å². The smallest absolute Gasteiger partial charge is 0.163 e. The molecule has 2 atom stereocenters. The van der Waals surface area contributed by atoms with Crippen molar-refractivity contribution in [2.45, 2.75) is 45.6 Å². The van der Waals surface area contributed by atoms with Gasteiger partial charge in [0.25, 0.3) is 0 Å². The van der Waals surface area contributed by atoms with Crippen LogP contribution in [0.15, 0.2) is 42.9 Å². The fourth-order valence-corrected chi connectivity index (χ4v) is 5.08. The lowest BCUT2D eigenvalue weighted by atomic mass is 10.1. The van der Waals surface area contributed by atoms with Crippen LogP contribution in [0.5, 0.6) is 0 Å². The Morgan fingerprint density at radius 2 is 2.12 bits per heavy atom. The summed E-state index contributed by atoms with van der Waals surface area (Å²) >= 11 is 8.25. The van der Waals surface area contributed by atoms with Gasteiger partial charge < -0.3 is 24.1 Å². The van der Waals surface area contributed by atoms with Crippen molar-refractivity contribution in [1.82, 2.24) is 19.9 Å². The average Bonchev–Trinajstić information content (AvgIpc) is 3.34. The maximum absolute atomic E-state index is 6.43. The summed E-state index contributed by atoms with van der Waals surface area (Å²) < 4.78 is 19.8. The van der Waals surface area contributed by atoms with Gasteiger partial charge in [-0.05, 0) is 31.4 Å². The molecule has 1 saturated heterocycles. The minimum absolute atomic E-state index is 0.0875. The van der Waals surface area contributed by atoms with Gasteiger partial charge in [0, 0.05) is 30.8 Å². The van der Waals surface area contributed by atoms with Crippen LogP contribution in [0, 0.1) is 5.92 Å². The minimum Gasteiger partial charge on any atom is -0.356 e. The van der Waals surface area contributed by atoms with Gasteiger partial charge >= 0.3 is 0 Å². The molecule has 1 N–H and O–H groups in total. The predicted octanol–water partition coefficient (Wildman–Crippen LogP) is 4.48. The van der Waals surface area contributed by atoms with Crippen LogP contribution in [0.4, 0.5) is 0 Å². The van der Waals surface area contributed by atoms with E-state index in [0.29, 0.717) is 37.6 Å². The highest BCUT2D eigenvalue weighted by molar-refractivity contribution is 7.98. The third-order valence-electron chi connectivity index (χ3n) is 5.68. The first kappa shape index (κ1) is 24.4. The second kappa shape index (κ2) is 11.2. The molecule has 0 amide bonds. The lowest BCUT2D eigenvalue weighted by Crippen LogP contribution is -2.35. The Balaban J connectivity index is 1.41. The molecule has 0 radical (unpaired) electrons. The molecular weight excluding hydrogens is 460 g/mol. The maximum atomic E-state index is 6.43. The molecule has 178 valence electrons. The molecule has 4 rings (SSSR count). The molecule has 1 fully saturated rings. The average molecular weight is 491 g/mol. The van der Waals surface area contributed by atoms with Crippen molar-refractivity contribution in [3.8, 4) is 0 Å². The molecular formula is C24H31ClN4O3S. The van der Waals surface area contributed by atoms with Gasteiger partial charge in [-0.1, -0.05) is 41.9 Å². The van der Waals surface area contributed by atoms with Gasteiger partial charge in [-0.15, -0.1) is 0 Å². The molecule has 0 saturated carbocycles. The number of aromatic nitrogens is 3. The zero-order valence-corrected chi connectivity index (χ0v) is 20.9. The molecule has 2 aromatic heterocycles. The number of hydrogen-bond acceptors (Lipinski definition) is 7. The van der Waals surface area contributed by atoms with Crippen LogP contribution in [0.3, 0.4) is 0 Å². The first-order valence-electron chi connectivity index (χ1n) is 11.1. The molecule has 33 heavy (non-hydrogen) atoms. The van der Waals surface area contributed by atoms with E-state index in [1.807, 2.05) is 66.7 Å². The lowest BCUT2D eigenvalue weighted by Gasteiger charge is -2.24. The van der Waals surface area contributed by atoms with Gasteiger partial charge in [-0.2, -0.15) is 11.8 Å². The number of ether oxygens (including phenoxy) is 3. The van der Waals surface area contributed by atoms with Gasteiger partial charge in [-0.25, -0.2) is 9.97 Å². The largest absolute Gasteiger partial charge is 0.356 e. The van der Waals surface area contributed by atoms with E-state index in [4.69, 9.17) is 25.8 Å². The highest BCUT2D eigenvalue weighted by Crippen LogP contribution is 2.29. The highest BCUT2D eigenvalue weighted by atomic mass is 35.5. The van der Waals surface area contributed by atoms with Crippen LogP contribution < -0.4 is 5.32 Å². The van der Waals surface area contributed by atoms with E-state index in [2.05, 4.69) is 21.5 Å². The van der Waals surface area contributed by atoms with Crippen LogP contribution in [-0.2, 0) is 34.1 Å². The molecule has 0 unspecified atom stereocenters. The summed E-state index contributed by atoms with van der Waals surface area (Å²) in [5, 5.41) is 4.02. The normalized spacial score (nSPS) is 18.7. The SMILES string of the molecule is CSC[C@H](CNCc1cn(COCc2ccccc2)c2c(Cl)ncnc12)[C@@H]1COC(C)(C)O1. The fourth-order valence-electron chi connectivity index (χ4n) is 4.08. The van der Waals surface area contributed by atoms with Crippen LogP contribution in [0.2, 0.25) is 5.15 Å².